The molecule has 5 nitrogen and oxygen atoms in total. The van der Waals surface area contributed by atoms with E-state index in [4.69, 9.17) is 4.74 Å². The zero-order valence-electron chi connectivity index (χ0n) is 16.7. The minimum atomic E-state index is -1.11. The van der Waals surface area contributed by atoms with Crippen LogP contribution in [0.2, 0.25) is 0 Å². The number of hydrogen-bond acceptors (Lipinski definition) is 4. The van der Waals surface area contributed by atoms with Crippen LogP contribution in [0.5, 0.6) is 11.5 Å². The lowest BCUT2D eigenvalue weighted by atomic mass is 10.1. The fourth-order valence-electron chi connectivity index (χ4n) is 3.06. The molecule has 4 rings (SSSR count). The summed E-state index contributed by atoms with van der Waals surface area (Å²) in [6.45, 7) is 1.97. The number of rotatable bonds is 6. The SMILES string of the molecule is Cc1ccccc1Nc1cc(C(=O)O)nc(-c2ccc(Oc3ccc(F)cc3)cc2)c1. The van der Waals surface area contributed by atoms with E-state index in [2.05, 4.69) is 10.3 Å². The van der Waals surface area contributed by atoms with E-state index in [0.29, 0.717) is 22.9 Å². The van der Waals surface area contributed by atoms with Crippen LogP contribution in [0.3, 0.4) is 0 Å². The van der Waals surface area contributed by atoms with Crippen molar-refractivity contribution in [1.82, 2.24) is 4.98 Å². The molecular weight excluding hydrogens is 395 g/mol. The summed E-state index contributed by atoms with van der Waals surface area (Å²) in [6, 6.07) is 23.9. The number of hydrogen-bond donors (Lipinski definition) is 2. The Bertz CT molecular complexity index is 1220. The van der Waals surface area contributed by atoms with Gasteiger partial charge in [0.05, 0.1) is 5.69 Å². The molecule has 154 valence electrons. The van der Waals surface area contributed by atoms with E-state index in [1.165, 1.54) is 18.2 Å². The van der Waals surface area contributed by atoms with Crippen molar-refractivity contribution < 1.29 is 19.0 Å². The van der Waals surface area contributed by atoms with E-state index in [-0.39, 0.29) is 11.5 Å². The van der Waals surface area contributed by atoms with Crippen molar-refractivity contribution in [1.29, 1.82) is 0 Å². The van der Waals surface area contributed by atoms with Gasteiger partial charge in [-0.05, 0) is 79.2 Å². The number of carboxylic acid groups (broad SMARTS) is 1. The van der Waals surface area contributed by atoms with Crippen LogP contribution in [0.15, 0.2) is 84.9 Å². The lowest BCUT2D eigenvalue weighted by Gasteiger charge is -2.12. The van der Waals surface area contributed by atoms with Crippen molar-refractivity contribution in [3.8, 4) is 22.8 Å². The number of pyridine rings is 1. The number of halogens is 1. The maximum atomic E-state index is 13.0. The van der Waals surface area contributed by atoms with Crippen LogP contribution >= 0.6 is 0 Å². The largest absolute Gasteiger partial charge is 0.477 e. The molecule has 31 heavy (non-hydrogen) atoms. The molecule has 0 radical (unpaired) electrons. The van der Waals surface area contributed by atoms with Crippen LogP contribution in [0.4, 0.5) is 15.8 Å². The van der Waals surface area contributed by atoms with Crippen molar-refractivity contribution in [3.05, 3.63) is 102 Å². The Balaban J connectivity index is 1.62. The molecule has 0 fully saturated rings. The van der Waals surface area contributed by atoms with E-state index < -0.39 is 5.97 Å². The van der Waals surface area contributed by atoms with E-state index in [0.717, 1.165) is 16.8 Å². The van der Waals surface area contributed by atoms with Crippen molar-refractivity contribution in [2.24, 2.45) is 0 Å². The van der Waals surface area contributed by atoms with E-state index in [1.807, 2.05) is 31.2 Å². The molecule has 0 amide bonds. The number of carbonyl (C=O) groups is 1. The Labute approximate surface area is 178 Å². The fourth-order valence-corrected chi connectivity index (χ4v) is 3.06. The summed E-state index contributed by atoms with van der Waals surface area (Å²) in [5, 5.41) is 12.8. The van der Waals surface area contributed by atoms with Crippen LogP contribution in [-0.4, -0.2) is 16.1 Å². The third kappa shape index (κ3) is 4.87. The van der Waals surface area contributed by atoms with Gasteiger partial charge < -0.3 is 15.2 Å². The minimum absolute atomic E-state index is 0.0553. The highest BCUT2D eigenvalue weighted by Gasteiger charge is 2.12. The summed E-state index contributed by atoms with van der Waals surface area (Å²) in [6.07, 6.45) is 0. The molecule has 0 atom stereocenters. The Morgan fingerprint density at radius 3 is 2.23 bits per heavy atom. The highest BCUT2D eigenvalue weighted by atomic mass is 19.1. The van der Waals surface area contributed by atoms with Crippen LogP contribution in [0.1, 0.15) is 16.1 Å². The molecule has 0 spiro atoms. The molecular formula is C25H19FN2O3. The maximum Gasteiger partial charge on any atom is 0.354 e. The Morgan fingerprint density at radius 1 is 0.935 bits per heavy atom. The summed E-state index contributed by atoms with van der Waals surface area (Å²) in [4.78, 5) is 15.9. The zero-order valence-corrected chi connectivity index (χ0v) is 16.7. The molecule has 1 aromatic heterocycles. The molecule has 0 saturated heterocycles. The summed E-state index contributed by atoms with van der Waals surface area (Å²) in [5.41, 5.74) is 3.76. The summed E-state index contributed by atoms with van der Waals surface area (Å²) >= 11 is 0. The van der Waals surface area contributed by atoms with E-state index in [9.17, 15) is 14.3 Å². The average Bonchev–Trinajstić information content (AvgIpc) is 2.77. The predicted molar refractivity (Wildman–Crippen MR) is 118 cm³/mol. The fraction of sp³-hybridized carbons (Fsp3) is 0.0400. The zero-order chi connectivity index (χ0) is 21.8. The number of para-hydroxylation sites is 1. The van der Waals surface area contributed by atoms with Crippen molar-refractivity contribution >= 4 is 17.3 Å². The van der Waals surface area contributed by atoms with Gasteiger partial charge in [-0.15, -0.1) is 0 Å². The number of aryl methyl sites for hydroxylation is 1. The molecule has 3 aromatic carbocycles. The second-order valence-corrected chi connectivity index (χ2v) is 6.95. The summed E-state index contributed by atoms with van der Waals surface area (Å²) < 4.78 is 18.7. The quantitative estimate of drug-likeness (QED) is 0.380. The lowest BCUT2D eigenvalue weighted by molar-refractivity contribution is 0.0690. The van der Waals surface area contributed by atoms with Crippen molar-refractivity contribution in [2.45, 2.75) is 6.92 Å². The van der Waals surface area contributed by atoms with Crippen LogP contribution in [0.25, 0.3) is 11.3 Å². The van der Waals surface area contributed by atoms with Gasteiger partial charge in [-0.1, -0.05) is 18.2 Å². The predicted octanol–water partition coefficient (Wildman–Crippen LogP) is 6.43. The molecule has 0 aliphatic heterocycles. The van der Waals surface area contributed by atoms with Crippen LogP contribution in [0, 0.1) is 12.7 Å². The van der Waals surface area contributed by atoms with Gasteiger partial charge in [0.2, 0.25) is 0 Å². The van der Waals surface area contributed by atoms with Gasteiger partial charge in [0, 0.05) is 16.9 Å². The first-order valence-corrected chi connectivity index (χ1v) is 9.60. The van der Waals surface area contributed by atoms with Gasteiger partial charge in [-0.3, -0.25) is 0 Å². The van der Waals surface area contributed by atoms with Gasteiger partial charge in [-0.2, -0.15) is 0 Å². The summed E-state index contributed by atoms with van der Waals surface area (Å²) in [5.74, 6) is -0.346. The molecule has 0 aliphatic carbocycles. The third-order valence-electron chi connectivity index (χ3n) is 4.67. The number of aromatic carboxylic acids is 1. The second-order valence-electron chi connectivity index (χ2n) is 6.95. The smallest absolute Gasteiger partial charge is 0.354 e. The molecule has 0 aliphatic rings. The number of nitrogens with one attached hydrogen (secondary N) is 1. The maximum absolute atomic E-state index is 13.0. The number of aromatic nitrogens is 1. The number of anilines is 2. The monoisotopic (exact) mass is 414 g/mol. The minimum Gasteiger partial charge on any atom is -0.477 e. The number of nitrogens with zero attached hydrogens (tertiary/aromatic N) is 1. The molecule has 6 heteroatoms. The lowest BCUT2D eigenvalue weighted by Crippen LogP contribution is -2.03. The number of ether oxygens (including phenoxy) is 1. The van der Waals surface area contributed by atoms with Crippen LogP contribution < -0.4 is 10.1 Å². The number of carboxylic acids is 1. The number of benzene rings is 3. The van der Waals surface area contributed by atoms with E-state index in [1.54, 1.807) is 42.5 Å². The molecule has 4 aromatic rings. The van der Waals surface area contributed by atoms with Crippen molar-refractivity contribution in [3.63, 3.8) is 0 Å². The molecule has 0 unspecified atom stereocenters. The first-order chi connectivity index (χ1) is 15.0. The van der Waals surface area contributed by atoms with Gasteiger partial charge in [0.15, 0.2) is 5.69 Å². The average molecular weight is 414 g/mol. The molecule has 0 saturated carbocycles. The van der Waals surface area contributed by atoms with Crippen molar-refractivity contribution in [2.75, 3.05) is 5.32 Å². The standard InChI is InChI=1S/C25H19FN2O3/c1-16-4-2-3-5-22(16)27-19-14-23(28-24(15-19)25(29)30)17-6-10-20(11-7-17)31-21-12-8-18(26)9-13-21/h2-15H,1H3,(H,27,28)(H,29,30). The van der Waals surface area contributed by atoms with Gasteiger partial charge >= 0.3 is 5.97 Å². The first kappa shape index (κ1) is 20.1. The normalized spacial score (nSPS) is 10.5. The molecule has 0 bridgehead atoms. The molecule has 2 N–H and O–H groups in total. The van der Waals surface area contributed by atoms with E-state index >= 15 is 0 Å². The highest BCUT2D eigenvalue weighted by Crippen LogP contribution is 2.28. The third-order valence-corrected chi connectivity index (χ3v) is 4.67. The topological polar surface area (TPSA) is 71.5 Å². The van der Waals surface area contributed by atoms with Crippen LogP contribution in [-0.2, 0) is 0 Å². The Kier molecular flexibility index (Phi) is 5.62. The first-order valence-electron chi connectivity index (χ1n) is 9.60. The second kappa shape index (κ2) is 8.67. The van der Waals surface area contributed by atoms with Gasteiger partial charge in [-0.25, -0.2) is 14.2 Å². The summed E-state index contributed by atoms with van der Waals surface area (Å²) in [7, 11) is 0. The Morgan fingerprint density at radius 2 is 1.58 bits per heavy atom. The molecule has 1 heterocycles. The highest BCUT2D eigenvalue weighted by molar-refractivity contribution is 5.88. The van der Waals surface area contributed by atoms with Gasteiger partial charge in [0.1, 0.15) is 17.3 Å². The Hall–Kier alpha value is -4.19. The van der Waals surface area contributed by atoms with Gasteiger partial charge in [0.25, 0.3) is 0 Å².